The summed E-state index contributed by atoms with van der Waals surface area (Å²) in [5, 5.41) is 0. The fourth-order valence-corrected chi connectivity index (χ4v) is 4.10. The van der Waals surface area contributed by atoms with Crippen LogP contribution >= 0.6 is 0 Å². The number of likely N-dealkylation sites (N-methyl/N-ethyl adjacent to an activating group) is 1. The molecule has 5 heteroatoms. The van der Waals surface area contributed by atoms with Crippen molar-refractivity contribution in [3.05, 3.63) is 35.9 Å². The van der Waals surface area contributed by atoms with Crippen LogP contribution in [0.1, 0.15) is 25.3 Å². The summed E-state index contributed by atoms with van der Waals surface area (Å²) in [4.78, 5) is 13.6. The maximum atomic E-state index is 11.3. The van der Waals surface area contributed by atoms with Crippen LogP contribution in [0.25, 0.3) is 0 Å². The van der Waals surface area contributed by atoms with E-state index < -0.39 is 0 Å². The molecule has 0 spiro atoms. The topological polar surface area (TPSA) is 48.0 Å². The SMILES string of the molecule is COc1ccc(C23C=CC(OC(C)=O)CC2N(C)CC3)cc1OC. The standard InChI is InChI=1S/C19H25NO4/c1-13(21)24-15-7-8-19(9-10-20(2)18(19)12-15)14-5-6-16(22-3)17(11-14)23-4/h5-8,11,15,18H,9-10,12H2,1-4H3. The Hall–Kier alpha value is -2.01. The Labute approximate surface area is 143 Å². The van der Waals surface area contributed by atoms with Gasteiger partial charge in [0.2, 0.25) is 0 Å². The number of carbonyl (C=O) groups is 1. The number of carbonyl (C=O) groups excluding carboxylic acids is 1. The number of ether oxygens (including phenoxy) is 3. The van der Waals surface area contributed by atoms with Gasteiger partial charge in [-0.05, 0) is 43.8 Å². The van der Waals surface area contributed by atoms with Gasteiger partial charge < -0.3 is 19.1 Å². The number of methoxy groups -OCH3 is 2. The van der Waals surface area contributed by atoms with Gasteiger partial charge in [0, 0.05) is 24.8 Å². The van der Waals surface area contributed by atoms with Crippen LogP contribution in [0.4, 0.5) is 0 Å². The zero-order chi connectivity index (χ0) is 17.3. The van der Waals surface area contributed by atoms with E-state index >= 15 is 0 Å². The Bertz CT molecular complexity index is 657. The lowest BCUT2D eigenvalue weighted by molar-refractivity contribution is -0.145. The van der Waals surface area contributed by atoms with Crippen molar-refractivity contribution < 1.29 is 19.0 Å². The normalized spacial score (nSPS) is 29.2. The summed E-state index contributed by atoms with van der Waals surface area (Å²) < 4.78 is 16.3. The van der Waals surface area contributed by atoms with E-state index in [1.807, 2.05) is 12.1 Å². The number of esters is 1. The maximum Gasteiger partial charge on any atom is 0.303 e. The quantitative estimate of drug-likeness (QED) is 0.627. The van der Waals surface area contributed by atoms with Gasteiger partial charge in [-0.3, -0.25) is 4.79 Å². The van der Waals surface area contributed by atoms with Crippen LogP contribution in [-0.4, -0.2) is 50.8 Å². The fraction of sp³-hybridized carbons (Fsp3) is 0.526. The van der Waals surface area contributed by atoms with Crippen LogP contribution in [0, 0.1) is 0 Å². The average Bonchev–Trinajstić information content (AvgIpc) is 2.91. The molecule has 1 aliphatic heterocycles. The highest BCUT2D eigenvalue weighted by Crippen LogP contribution is 2.47. The number of nitrogens with zero attached hydrogens (tertiary/aromatic N) is 1. The number of hydrogen-bond donors (Lipinski definition) is 0. The second kappa shape index (κ2) is 6.48. The first-order chi connectivity index (χ1) is 11.5. The Kier molecular flexibility index (Phi) is 4.54. The van der Waals surface area contributed by atoms with Crippen molar-refractivity contribution in [1.82, 2.24) is 4.90 Å². The highest BCUT2D eigenvalue weighted by Gasteiger charge is 2.48. The number of benzene rings is 1. The van der Waals surface area contributed by atoms with Gasteiger partial charge in [-0.25, -0.2) is 0 Å². The van der Waals surface area contributed by atoms with Gasteiger partial charge in [0.05, 0.1) is 14.2 Å². The van der Waals surface area contributed by atoms with E-state index in [9.17, 15) is 4.79 Å². The molecule has 1 saturated heterocycles. The van der Waals surface area contributed by atoms with Crippen LogP contribution < -0.4 is 9.47 Å². The molecule has 1 heterocycles. The van der Waals surface area contributed by atoms with Crippen molar-refractivity contribution in [3.63, 3.8) is 0 Å². The molecule has 1 aromatic rings. The van der Waals surface area contributed by atoms with Crippen molar-refractivity contribution in [1.29, 1.82) is 0 Å². The predicted octanol–water partition coefficient (Wildman–Crippen LogP) is 2.54. The van der Waals surface area contributed by atoms with Gasteiger partial charge in [0.15, 0.2) is 11.5 Å². The number of hydrogen-bond acceptors (Lipinski definition) is 5. The number of rotatable bonds is 4. The van der Waals surface area contributed by atoms with E-state index in [4.69, 9.17) is 14.2 Å². The van der Waals surface area contributed by atoms with Gasteiger partial charge in [-0.15, -0.1) is 0 Å². The fourth-order valence-electron chi connectivity index (χ4n) is 4.10. The Morgan fingerprint density at radius 3 is 2.67 bits per heavy atom. The van der Waals surface area contributed by atoms with Gasteiger partial charge in [-0.2, -0.15) is 0 Å². The first-order valence-corrected chi connectivity index (χ1v) is 8.29. The molecule has 2 aliphatic rings. The van der Waals surface area contributed by atoms with E-state index in [0.717, 1.165) is 30.9 Å². The molecule has 130 valence electrons. The van der Waals surface area contributed by atoms with Crippen LogP contribution in [-0.2, 0) is 14.9 Å². The third kappa shape index (κ3) is 2.77. The maximum absolute atomic E-state index is 11.3. The molecule has 3 unspecified atom stereocenters. The largest absolute Gasteiger partial charge is 0.493 e. The smallest absolute Gasteiger partial charge is 0.303 e. The van der Waals surface area contributed by atoms with Gasteiger partial charge >= 0.3 is 5.97 Å². The van der Waals surface area contributed by atoms with Gasteiger partial charge in [0.25, 0.3) is 0 Å². The summed E-state index contributed by atoms with van der Waals surface area (Å²) in [6.07, 6.45) is 5.95. The summed E-state index contributed by atoms with van der Waals surface area (Å²) in [6.45, 7) is 2.47. The predicted molar refractivity (Wildman–Crippen MR) is 91.6 cm³/mol. The Balaban J connectivity index is 1.99. The molecule has 1 fully saturated rings. The molecule has 0 bridgehead atoms. The lowest BCUT2D eigenvalue weighted by Gasteiger charge is -2.40. The minimum Gasteiger partial charge on any atom is -0.493 e. The van der Waals surface area contributed by atoms with Crippen molar-refractivity contribution >= 4 is 5.97 Å². The molecule has 0 N–H and O–H groups in total. The molecule has 0 amide bonds. The summed E-state index contributed by atoms with van der Waals surface area (Å²) in [5.41, 5.74) is 1.14. The number of fused-ring (bicyclic) bond motifs is 1. The first kappa shape index (κ1) is 16.8. The second-order valence-corrected chi connectivity index (χ2v) is 6.60. The van der Waals surface area contributed by atoms with Crippen molar-refractivity contribution in [3.8, 4) is 11.5 Å². The van der Waals surface area contributed by atoms with Crippen molar-refractivity contribution in [2.75, 3.05) is 27.8 Å². The molecular weight excluding hydrogens is 306 g/mol. The zero-order valence-corrected chi connectivity index (χ0v) is 14.7. The van der Waals surface area contributed by atoms with Crippen LogP contribution in [0.15, 0.2) is 30.4 Å². The van der Waals surface area contributed by atoms with E-state index in [1.54, 1.807) is 14.2 Å². The molecular formula is C19H25NO4. The molecule has 3 rings (SSSR count). The molecule has 3 atom stereocenters. The minimum absolute atomic E-state index is 0.0784. The third-order valence-electron chi connectivity index (χ3n) is 5.31. The molecule has 1 aliphatic carbocycles. The molecule has 24 heavy (non-hydrogen) atoms. The monoisotopic (exact) mass is 331 g/mol. The van der Waals surface area contributed by atoms with Crippen LogP contribution in [0.3, 0.4) is 0 Å². The molecule has 0 radical (unpaired) electrons. The Morgan fingerprint density at radius 2 is 2.00 bits per heavy atom. The lowest BCUT2D eigenvalue weighted by atomic mass is 9.69. The van der Waals surface area contributed by atoms with E-state index in [1.165, 1.54) is 12.5 Å². The summed E-state index contributed by atoms with van der Waals surface area (Å²) in [6, 6.07) is 6.44. The highest BCUT2D eigenvalue weighted by molar-refractivity contribution is 5.66. The van der Waals surface area contributed by atoms with Crippen molar-refractivity contribution in [2.45, 2.75) is 37.3 Å². The van der Waals surface area contributed by atoms with E-state index in [0.29, 0.717) is 6.04 Å². The second-order valence-electron chi connectivity index (χ2n) is 6.60. The summed E-state index contributed by atoms with van der Waals surface area (Å²) in [5.74, 6) is 1.25. The van der Waals surface area contributed by atoms with E-state index in [-0.39, 0.29) is 17.5 Å². The summed E-state index contributed by atoms with van der Waals surface area (Å²) in [7, 11) is 5.44. The van der Waals surface area contributed by atoms with Gasteiger partial charge in [0.1, 0.15) is 6.10 Å². The molecule has 0 aromatic heterocycles. The van der Waals surface area contributed by atoms with Crippen molar-refractivity contribution in [2.24, 2.45) is 0 Å². The highest BCUT2D eigenvalue weighted by atomic mass is 16.5. The zero-order valence-electron chi connectivity index (χ0n) is 14.7. The third-order valence-corrected chi connectivity index (χ3v) is 5.31. The van der Waals surface area contributed by atoms with Gasteiger partial charge in [-0.1, -0.05) is 12.1 Å². The van der Waals surface area contributed by atoms with E-state index in [2.05, 4.69) is 30.2 Å². The van der Waals surface area contributed by atoms with Crippen LogP contribution in [0.2, 0.25) is 0 Å². The lowest BCUT2D eigenvalue weighted by Crippen LogP contribution is -2.45. The minimum atomic E-state index is -0.232. The van der Waals surface area contributed by atoms with Crippen LogP contribution in [0.5, 0.6) is 11.5 Å². The summed E-state index contributed by atoms with van der Waals surface area (Å²) >= 11 is 0. The Morgan fingerprint density at radius 1 is 1.25 bits per heavy atom. The number of likely N-dealkylation sites (tertiary alicyclic amines) is 1. The molecule has 1 aromatic carbocycles. The molecule has 0 saturated carbocycles. The average molecular weight is 331 g/mol. The molecule has 5 nitrogen and oxygen atoms in total. The first-order valence-electron chi connectivity index (χ1n) is 8.29.